The molecule has 1 aromatic rings. The van der Waals surface area contributed by atoms with Crippen LogP contribution < -0.4 is 16.0 Å². The minimum absolute atomic E-state index is 0.0127. The van der Waals surface area contributed by atoms with Gasteiger partial charge in [-0.05, 0) is 19.1 Å². The fraction of sp³-hybridized carbons (Fsp3) is 0.417. The van der Waals surface area contributed by atoms with E-state index in [1.54, 1.807) is 12.1 Å². The number of anilines is 1. The molecule has 1 fully saturated rings. The molecule has 1 aromatic carbocycles. The van der Waals surface area contributed by atoms with Crippen molar-refractivity contribution in [2.75, 3.05) is 24.5 Å². The minimum Gasteiger partial charge on any atom is -0.366 e. The molecule has 0 aliphatic carbocycles. The summed E-state index contributed by atoms with van der Waals surface area (Å²) in [7, 11) is 0. The van der Waals surface area contributed by atoms with Gasteiger partial charge in [-0.3, -0.25) is 4.79 Å². The van der Waals surface area contributed by atoms with Gasteiger partial charge in [0.2, 0.25) is 0 Å². The number of halogens is 1. The monoisotopic (exact) mass is 237 g/mol. The Morgan fingerprint density at radius 1 is 1.59 bits per heavy atom. The van der Waals surface area contributed by atoms with E-state index < -0.39 is 11.7 Å². The predicted molar refractivity (Wildman–Crippen MR) is 64.6 cm³/mol. The largest absolute Gasteiger partial charge is 0.366 e. The SMILES string of the molecule is CCN(c1cccc(F)c1C(N)=O)C1CNC1. The Balaban J connectivity index is 2.41. The summed E-state index contributed by atoms with van der Waals surface area (Å²) < 4.78 is 13.6. The van der Waals surface area contributed by atoms with Crippen LogP contribution in [0.4, 0.5) is 10.1 Å². The molecule has 17 heavy (non-hydrogen) atoms. The molecule has 4 nitrogen and oxygen atoms in total. The van der Waals surface area contributed by atoms with E-state index in [1.165, 1.54) is 6.07 Å². The molecule has 1 amide bonds. The molecule has 0 spiro atoms. The van der Waals surface area contributed by atoms with Crippen LogP contribution in [0.25, 0.3) is 0 Å². The number of benzene rings is 1. The predicted octanol–water partition coefficient (Wildman–Crippen LogP) is 0.723. The Hall–Kier alpha value is -1.62. The first-order chi connectivity index (χ1) is 8.15. The van der Waals surface area contributed by atoms with Crippen molar-refractivity contribution in [3.8, 4) is 0 Å². The maximum absolute atomic E-state index is 13.6. The number of hydrogen-bond donors (Lipinski definition) is 2. The second kappa shape index (κ2) is 4.71. The summed E-state index contributed by atoms with van der Waals surface area (Å²) in [6.07, 6.45) is 0. The van der Waals surface area contributed by atoms with Gasteiger partial charge in [-0.25, -0.2) is 4.39 Å². The van der Waals surface area contributed by atoms with Crippen molar-refractivity contribution >= 4 is 11.6 Å². The second-order valence-corrected chi connectivity index (χ2v) is 4.10. The van der Waals surface area contributed by atoms with Crippen molar-refractivity contribution in [3.63, 3.8) is 0 Å². The molecule has 0 bridgehead atoms. The van der Waals surface area contributed by atoms with Crippen molar-refractivity contribution in [2.45, 2.75) is 13.0 Å². The van der Waals surface area contributed by atoms with Gasteiger partial charge in [0.05, 0.1) is 17.3 Å². The summed E-state index contributed by atoms with van der Waals surface area (Å²) in [5, 5.41) is 3.16. The van der Waals surface area contributed by atoms with E-state index >= 15 is 0 Å². The minimum atomic E-state index is -0.719. The number of primary amides is 1. The third-order valence-electron chi connectivity index (χ3n) is 3.09. The molecule has 5 heteroatoms. The lowest BCUT2D eigenvalue weighted by molar-refractivity contribution is 0.0997. The molecule has 92 valence electrons. The Kier molecular flexibility index (Phi) is 3.28. The molecule has 1 saturated heterocycles. The number of nitrogens with one attached hydrogen (secondary N) is 1. The first-order valence-electron chi connectivity index (χ1n) is 5.70. The van der Waals surface area contributed by atoms with E-state index in [9.17, 15) is 9.18 Å². The molecule has 0 atom stereocenters. The maximum atomic E-state index is 13.6. The van der Waals surface area contributed by atoms with Gasteiger partial charge < -0.3 is 16.0 Å². The summed E-state index contributed by atoms with van der Waals surface area (Å²) in [6, 6.07) is 4.91. The number of rotatable bonds is 4. The van der Waals surface area contributed by atoms with Gasteiger partial charge in [0.15, 0.2) is 0 Å². The van der Waals surface area contributed by atoms with Crippen LogP contribution in [0.5, 0.6) is 0 Å². The first-order valence-corrected chi connectivity index (χ1v) is 5.70. The van der Waals surface area contributed by atoms with Crippen LogP contribution in [-0.4, -0.2) is 31.6 Å². The highest BCUT2D eigenvalue weighted by atomic mass is 19.1. The number of amides is 1. The van der Waals surface area contributed by atoms with Gasteiger partial charge in [-0.15, -0.1) is 0 Å². The van der Waals surface area contributed by atoms with Crippen LogP contribution in [0, 0.1) is 5.82 Å². The summed E-state index contributed by atoms with van der Waals surface area (Å²) in [5.74, 6) is -1.27. The number of hydrogen-bond acceptors (Lipinski definition) is 3. The Morgan fingerprint density at radius 2 is 2.29 bits per heavy atom. The van der Waals surface area contributed by atoms with E-state index in [0.29, 0.717) is 11.7 Å². The van der Waals surface area contributed by atoms with Crippen LogP contribution in [0.15, 0.2) is 18.2 Å². The van der Waals surface area contributed by atoms with Crippen molar-refractivity contribution < 1.29 is 9.18 Å². The van der Waals surface area contributed by atoms with Gasteiger partial charge in [0.25, 0.3) is 5.91 Å². The average molecular weight is 237 g/mol. The normalized spacial score (nSPS) is 15.4. The van der Waals surface area contributed by atoms with Gasteiger partial charge in [-0.2, -0.15) is 0 Å². The highest BCUT2D eigenvalue weighted by Gasteiger charge is 2.27. The van der Waals surface area contributed by atoms with Crippen LogP contribution >= 0.6 is 0 Å². The first kappa shape index (κ1) is 11.9. The number of likely N-dealkylation sites (N-methyl/N-ethyl adjacent to an activating group) is 1. The quantitative estimate of drug-likeness (QED) is 0.811. The maximum Gasteiger partial charge on any atom is 0.253 e. The molecule has 0 aromatic heterocycles. The molecule has 1 aliphatic rings. The molecule has 2 rings (SSSR count). The third kappa shape index (κ3) is 2.10. The van der Waals surface area contributed by atoms with Crippen molar-refractivity contribution in [1.82, 2.24) is 5.32 Å². The molecule has 1 heterocycles. The Labute approximate surface area is 99.6 Å². The number of nitrogens with two attached hydrogens (primary N) is 1. The summed E-state index contributed by atoms with van der Waals surface area (Å²) >= 11 is 0. The molecular formula is C12H16FN3O. The second-order valence-electron chi connectivity index (χ2n) is 4.10. The summed E-state index contributed by atoms with van der Waals surface area (Å²) in [6.45, 7) is 4.40. The zero-order chi connectivity index (χ0) is 12.4. The van der Waals surface area contributed by atoms with Crippen LogP contribution in [0.3, 0.4) is 0 Å². The third-order valence-corrected chi connectivity index (χ3v) is 3.09. The number of carbonyl (C=O) groups is 1. The van der Waals surface area contributed by atoms with Gasteiger partial charge in [0, 0.05) is 19.6 Å². The van der Waals surface area contributed by atoms with E-state index in [2.05, 4.69) is 5.32 Å². The Bertz CT molecular complexity index is 432. The van der Waals surface area contributed by atoms with Gasteiger partial charge >= 0.3 is 0 Å². The lowest BCUT2D eigenvalue weighted by Gasteiger charge is -2.39. The topological polar surface area (TPSA) is 58.4 Å². The number of nitrogens with zero attached hydrogens (tertiary/aromatic N) is 1. The van der Waals surface area contributed by atoms with E-state index in [-0.39, 0.29) is 5.56 Å². The van der Waals surface area contributed by atoms with Crippen LogP contribution in [-0.2, 0) is 0 Å². The lowest BCUT2D eigenvalue weighted by Crippen LogP contribution is -2.57. The molecule has 3 N–H and O–H groups in total. The molecule has 0 radical (unpaired) electrons. The molecular weight excluding hydrogens is 221 g/mol. The van der Waals surface area contributed by atoms with Crippen molar-refractivity contribution in [3.05, 3.63) is 29.6 Å². The van der Waals surface area contributed by atoms with Crippen LogP contribution in [0.2, 0.25) is 0 Å². The summed E-state index contributed by atoms with van der Waals surface area (Å²) in [4.78, 5) is 13.3. The highest BCUT2D eigenvalue weighted by molar-refractivity contribution is 5.99. The van der Waals surface area contributed by atoms with Crippen molar-refractivity contribution in [1.29, 1.82) is 0 Å². The smallest absolute Gasteiger partial charge is 0.253 e. The van der Waals surface area contributed by atoms with Gasteiger partial charge in [-0.1, -0.05) is 6.07 Å². The van der Waals surface area contributed by atoms with E-state index in [1.807, 2.05) is 11.8 Å². The standard InChI is InChI=1S/C12H16FN3O/c1-2-16(8-6-15-7-8)10-5-3-4-9(13)11(10)12(14)17/h3-5,8,15H,2,6-7H2,1H3,(H2,14,17). The Morgan fingerprint density at radius 3 is 2.76 bits per heavy atom. The highest BCUT2D eigenvalue weighted by Crippen LogP contribution is 2.25. The molecule has 0 saturated carbocycles. The average Bonchev–Trinajstić information content (AvgIpc) is 2.22. The number of carbonyl (C=O) groups excluding carboxylic acids is 1. The molecule has 1 aliphatic heterocycles. The van der Waals surface area contributed by atoms with E-state index in [4.69, 9.17) is 5.73 Å². The zero-order valence-electron chi connectivity index (χ0n) is 9.74. The van der Waals surface area contributed by atoms with Gasteiger partial charge in [0.1, 0.15) is 5.82 Å². The fourth-order valence-electron chi connectivity index (χ4n) is 2.12. The van der Waals surface area contributed by atoms with Crippen LogP contribution in [0.1, 0.15) is 17.3 Å². The zero-order valence-corrected chi connectivity index (χ0v) is 9.74. The fourth-order valence-corrected chi connectivity index (χ4v) is 2.12. The van der Waals surface area contributed by atoms with E-state index in [0.717, 1.165) is 19.6 Å². The summed E-state index contributed by atoms with van der Waals surface area (Å²) in [5.41, 5.74) is 5.82. The lowest BCUT2D eigenvalue weighted by atomic mass is 10.1. The molecule has 0 unspecified atom stereocenters. The van der Waals surface area contributed by atoms with Crippen molar-refractivity contribution in [2.24, 2.45) is 5.73 Å².